The second-order valence-corrected chi connectivity index (χ2v) is 6.22. The molecule has 0 saturated carbocycles. The number of nitrogens with one attached hydrogen (secondary N) is 1. The molecule has 0 bridgehead atoms. The van der Waals surface area contributed by atoms with Crippen LogP contribution in [-0.2, 0) is 11.2 Å². The van der Waals surface area contributed by atoms with Gasteiger partial charge >= 0.3 is 6.09 Å². The monoisotopic (exact) mass is 319 g/mol. The van der Waals surface area contributed by atoms with Crippen molar-refractivity contribution in [3.63, 3.8) is 0 Å². The lowest BCUT2D eigenvalue weighted by Gasteiger charge is -2.19. The zero-order chi connectivity index (χ0) is 16.2. The van der Waals surface area contributed by atoms with Gasteiger partial charge in [-0.1, -0.05) is 23.7 Å². The summed E-state index contributed by atoms with van der Waals surface area (Å²) in [5.41, 5.74) is 2.06. The third-order valence-electron chi connectivity index (χ3n) is 2.67. The third kappa shape index (κ3) is 5.33. The molecular weight excluding hydrogens is 302 g/mol. The minimum atomic E-state index is -0.518. The summed E-state index contributed by atoms with van der Waals surface area (Å²) in [6.45, 7) is 5.47. The van der Waals surface area contributed by atoms with E-state index in [0.29, 0.717) is 17.3 Å². The fourth-order valence-electron chi connectivity index (χ4n) is 1.80. The van der Waals surface area contributed by atoms with Crippen LogP contribution < -0.4 is 5.32 Å². The van der Waals surface area contributed by atoms with Gasteiger partial charge in [0.1, 0.15) is 17.1 Å². The van der Waals surface area contributed by atoms with Crippen LogP contribution in [-0.4, -0.2) is 21.7 Å². The lowest BCUT2D eigenvalue weighted by Crippen LogP contribution is -2.27. The fraction of sp³-hybridized carbons (Fsp3) is 0.312. The van der Waals surface area contributed by atoms with Gasteiger partial charge < -0.3 is 4.74 Å². The summed E-state index contributed by atoms with van der Waals surface area (Å²) in [7, 11) is 0. The number of carbonyl (C=O) groups excluding carboxylic acids is 1. The number of aromatic nitrogens is 2. The number of nitrogens with zero attached hydrogens (tertiary/aromatic N) is 2. The van der Waals surface area contributed by atoms with Crippen LogP contribution in [0.5, 0.6) is 0 Å². The number of rotatable bonds is 3. The number of amides is 1. The van der Waals surface area contributed by atoms with E-state index in [1.807, 2.05) is 45.0 Å². The molecule has 1 N–H and O–H groups in total. The summed E-state index contributed by atoms with van der Waals surface area (Å²) in [4.78, 5) is 19.7. The molecule has 2 rings (SSSR count). The van der Waals surface area contributed by atoms with Gasteiger partial charge in [0, 0.05) is 17.8 Å². The average molecular weight is 320 g/mol. The molecule has 2 aromatic rings. The van der Waals surface area contributed by atoms with Gasteiger partial charge in [0.15, 0.2) is 0 Å². The largest absolute Gasteiger partial charge is 0.444 e. The molecule has 1 aromatic carbocycles. The van der Waals surface area contributed by atoms with E-state index in [1.165, 1.54) is 6.33 Å². The predicted molar refractivity (Wildman–Crippen MR) is 86.1 cm³/mol. The van der Waals surface area contributed by atoms with E-state index in [4.69, 9.17) is 16.3 Å². The first-order valence-corrected chi connectivity index (χ1v) is 7.25. The normalized spacial score (nSPS) is 11.1. The van der Waals surface area contributed by atoms with Crippen molar-refractivity contribution in [3.8, 4) is 0 Å². The van der Waals surface area contributed by atoms with E-state index in [-0.39, 0.29) is 0 Å². The first-order valence-electron chi connectivity index (χ1n) is 6.87. The number of anilines is 1. The lowest BCUT2D eigenvalue weighted by atomic mass is 10.1. The average Bonchev–Trinajstić information content (AvgIpc) is 2.39. The molecule has 1 heterocycles. The molecular formula is C16H18ClN3O2. The Morgan fingerprint density at radius 3 is 2.50 bits per heavy atom. The van der Waals surface area contributed by atoms with Gasteiger partial charge in [0.25, 0.3) is 0 Å². The Labute approximate surface area is 134 Å². The van der Waals surface area contributed by atoms with Crippen molar-refractivity contribution in [1.29, 1.82) is 0 Å². The quantitative estimate of drug-likeness (QED) is 0.866. The zero-order valence-corrected chi connectivity index (χ0v) is 13.5. The molecule has 6 heteroatoms. The summed E-state index contributed by atoms with van der Waals surface area (Å²) in [6, 6.07) is 9.21. The van der Waals surface area contributed by atoms with Crippen LogP contribution in [0.4, 0.5) is 10.5 Å². The van der Waals surface area contributed by atoms with Gasteiger partial charge in [-0.2, -0.15) is 0 Å². The van der Waals surface area contributed by atoms with Crippen LogP contribution in [0, 0.1) is 0 Å². The Morgan fingerprint density at radius 2 is 1.91 bits per heavy atom. The van der Waals surface area contributed by atoms with Gasteiger partial charge in [0.2, 0.25) is 0 Å². The number of hydrogen-bond acceptors (Lipinski definition) is 4. The highest BCUT2D eigenvalue weighted by Crippen LogP contribution is 2.15. The van der Waals surface area contributed by atoms with Gasteiger partial charge in [-0.3, -0.25) is 5.32 Å². The smallest absolute Gasteiger partial charge is 0.412 e. The topological polar surface area (TPSA) is 64.1 Å². The first-order chi connectivity index (χ1) is 10.3. The number of carbonyl (C=O) groups is 1. The number of hydrogen-bond donors (Lipinski definition) is 1. The predicted octanol–water partition coefficient (Wildman–Crippen LogP) is 4.07. The molecule has 0 atom stereocenters. The van der Waals surface area contributed by atoms with Crippen molar-refractivity contribution < 1.29 is 9.53 Å². The summed E-state index contributed by atoms with van der Waals surface area (Å²) < 4.78 is 5.20. The highest BCUT2D eigenvalue weighted by Gasteiger charge is 2.16. The van der Waals surface area contributed by atoms with Crippen LogP contribution in [0.3, 0.4) is 0 Å². The maximum atomic E-state index is 11.7. The molecule has 5 nitrogen and oxygen atoms in total. The molecule has 116 valence electrons. The van der Waals surface area contributed by atoms with Crippen molar-refractivity contribution in [1.82, 2.24) is 9.97 Å². The number of ether oxygens (including phenoxy) is 1. The standard InChI is InChI=1S/C16H18ClN3O2/c1-16(2,3)22-15(21)20-12-6-4-11(5-7-12)8-13-9-14(17)19-10-18-13/h4-7,9-10H,8H2,1-3H3,(H,20,21). The molecule has 0 aliphatic heterocycles. The fourth-order valence-corrected chi connectivity index (χ4v) is 1.97. The molecule has 1 amide bonds. The van der Waals surface area contributed by atoms with E-state index in [9.17, 15) is 4.79 Å². The second-order valence-electron chi connectivity index (χ2n) is 5.83. The van der Waals surface area contributed by atoms with Crippen LogP contribution in [0.1, 0.15) is 32.0 Å². The zero-order valence-electron chi connectivity index (χ0n) is 12.8. The molecule has 1 aromatic heterocycles. The molecule has 0 spiro atoms. The van der Waals surface area contributed by atoms with Crippen molar-refractivity contribution in [2.75, 3.05) is 5.32 Å². The minimum Gasteiger partial charge on any atom is -0.444 e. The highest BCUT2D eigenvalue weighted by molar-refractivity contribution is 6.29. The molecule has 0 unspecified atom stereocenters. The van der Waals surface area contributed by atoms with Crippen LogP contribution in [0.15, 0.2) is 36.7 Å². The van der Waals surface area contributed by atoms with Gasteiger partial charge in [-0.25, -0.2) is 14.8 Å². The Balaban J connectivity index is 1.97. The number of benzene rings is 1. The van der Waals surface area contributed by atoms with Gasteiger partial charge in [-0.15, -0.1) is 0 Å². The van der Waals surface area contributed by atoms with Gasteiger partial charge in [0.05, 0.1) is 0 Å². The SMILES string of the molecule is CC(C)(C)OC(=O)Nc1ccc(Cc2cc(Cl)ncn2)cc1. The Bertz CT molecular complexity index is 651. The molecule has 0 saturated heterocycles. The van der Waals surface area contributed by atoms with E-state index in [2.05, 4.69) is 15.3 Å². The molecule has 22 heavy (non-hydrogen) atoms. The maximum absolute atomic E-state index is 11.7. The Morgan fingerprint density at radius 1 is 1.23 bits per heavy atom. The van der Waals surface area contributed by atoms with Crippen molar-refractivity contribution in [3.05, 3.63) is 53.1 Å². The first kappa shape index (κ1) is 16.2. The Hall–Kier alpha value is -2.14. The molecule has 0 aliphatic carbocycles. The Kier molecular flexibility index (Phi) is 4.98. The van der Waals surface area contributed by atoms with E-state index >= 15 is 0 Å². The van der Waals surface area contributed by atoms with Crippen molar-refractivity contribution in [2.45, 2.75) is 32.8 Å². The summed E-state index contributed by atoms with van der Waals surface area (Å²) in [5, 5.41) is 3.12. The maximum Gasteiger partial charge on any atom is 0.412 e. The van der Waals surface area contributed by atoms with E-state index in [1.54, 1.807) is 6.07 Å². The van der Waals surface area contributed by atoms with Crippen LogP contribution in [0.25, 0.3) is 0 Å². The second kappa shape index (κ2) is 6.75. The summed E-state index contributed by atoms with van der Waals surface area (Å²) in [5.74, 6) is 0. The summed E-state index contributed by atoms with van der Waals surface area (Å²) >= 11 is 5.83. The van der Waals surface area contributed by atoms with Crippen LogP contribution in [0.2, 0.25) is 5.15 Å². The number of halogens is 1. The lowest BCUT2D eigenvalue weighted by molar-refractivity contribution is 0.0636. The minimum absolute atomic E-state index is 0.424. The highest BCUT2D eigenvalue weighted by atomic mass is 35.5. The van der Waals surface area contributed by atoms with Gasteiger partial charge in [-0.05, 0) is 44.5 Å². The van der Waals surface area contributed by atoms with Crippen molar-refractivity contribution >= 4 is 23.4 Å². The van der Waals surface area contributed by atoms with E-state index in [0.717, 1.165) is 11.3 Å². The summed E-state index contributed by atoms with van der Waals surface area (Å²) in [6.07, 6.45) is 1.62. The molecule has 0 radical (unpaired) electrons. The van der Waals surface area contributed by atoms with Crippen molar-refractivity contribution in [2.24, 2.45) is 0 Å². The molecule has 0 aliphatic rings. The van der Waals surface area contributed by atoms with Crippen LogP contribution >= 0.6 is 11.6 Å². The van der Waals surface area contributed by atoms with E-state index < -0.39 is 11.7 Å². The molecule has 0 fully saturated rings. The third-order valence-corrected chi connectivity index (χ3v) is 2.88.